The van der Waals surface area contributed by atoms with Crippen LogP contribution in [0.25, 0.3) is 87.5 Å². The summed E-state index contributed by atoms with van der Waals surface area (Å²) in [6, 6.07) is 83.3. The molecule has 0 N–H and O–H groups in total. The lowest BCUT2D eigenvalue weighted by atomic mass is 9.67. The van der Waals surface area contributed by atoms with E-state index in [4.69, 9.17) is 9.97 Å². The minimum Gasteiger partial charge on any atom is -0.228 e. The van der Waals surface area contributed by atoms with E-state index in [0.29, 0.717) is 5.82 Å². The standard InChI is InChI=1S/C59H38N2S/c1-4-17-39(18-5-1)40-31-33-41(34-32-40)45-23-10-11-25-48(45)54-38-55(51-28-16-27-50-49-26-13-15-30-56(49)62-57(50)51)61-58(60-54)42-35-36-47-46-24-12-14-29-52(46)59(53(47)37-42,43-19-6-2-7-20-43)44-21-8-3-9-22-44/h1-38H. The van der Waals surface area contributed by atoms with Gasteiger partial charge in [-0.15, -0.1) is 11.3 Å². The summed E-state index contributed by atoms with van der Waals surface area (Å²) in [7, 11) is 0. The average Bonchev–Trinajstić information content (AvgIpc) is 3.89. The lowest BCUT2D eigenvalue weighted by Crippen LogP contribution is -2.28. The van der Waals surface area contributed by atoms with Gasteiger partial charge >= 0.3 is 0 Å². The number of fused-ring (bicyclic) bond motifs is 6. The molecule has 0 radical (unpaired) electrons. The van der Waals surface area contributed by atoms with Gasteiger partial charge in [0.1, 0.15) is 0 Å². The highest BCUT2D eigenvalue weighted by molar-refractivity contribution is 7.26. The second-order valence-electron chi connectivity index (χ2n) is 16.0. The topological polar surface area (TPSA) is 25.8 Å². The second kappa shape index (κ2) is 14.8. The van der Waals surface area contributed by atoms with Crippen LogP contribution >= 0.6 is 11.3 Å². The van der Waals surface area contributed by atoms with Crippen LogP contribution in [0.3, 0.4) is 0 Å². The fraction of sp³-hybridized carbons (Fsp3) is 0.0169. The first kappa shape index (κ1) is 36.2. The molecule has 0 saturated heterocycles. The first-order chi connectivity index (χ1) is 30.7. The van der Waals surface area contributed by atoms with Gasteiger partial charge in [-0.25, -0.2) is 9.97 Å². The highest BCUT2D eigenvalue weighted by atomic mass is 32.1. The molecule has 11 aromatic rings. The van der Waals surface area contributed by atoms with E-state index in [0.717, 1.165) is 39.2 Å². The Labute approximate surface area is 365 Å². The van der Waals surface area contributed by atoms with E-state index in [-0.39, 0.29) is 0 Å². The first-order valence-electron chi connectivity index (χ1n) is 21.1. The molecule has 0 bridgehead atoms. The number of hydrogen-bond acceptors (Lipinski definition) is 3. The number of nitrogens with zero attached hydrogens (tertiary/aromatic N) is 2. The van der Waals surface area contributed by atoms with Gasteiger partial charge in [0.25, 0.3) is 0 Å². The van der Waals surface area contributed by atoms with Crippen LogP contribution in [0.4, 0.5) is 0 Å². The summed E-state index contributed by atoms with van der Waals surface area (Å²) in [5, 5.41) is 2.51. The Morgan fingerprint density at radius 1 is 0.323 bits per heavy atom. The monoisotopic (exact) mass is 806 g/mol. The summed E-state index contributed by atoms with van der Waals surface area (Å²) in [4.78, 5) is 11.1. The zero-order chi connectivity index (χ0) is 41.0. The molecule has 9 aromatic carbocycles. The molecule has 0 unspecified atom stereocenters. The van der Waals surface area contributed by atoms with Crippen LogP contribution in [0.2, 0.25) is 0 Å². The summed E-state index contributed by atoms with van der Waals surface area (Å²) < 4.78 is 2.50. The third-order valence-electron chi connectivity index (χ3n) is 12.6. The third kappa shape index (κ3) is 5.78. The summed E-state index contributed by atoms with van der Waals surface area (Å²) in [5.41, 5.74) is 16.5. The van der Waals surface area contributed by atoms with Gasteiger partial charge in [0.15, 0.2) is 5.82 Å². The van der Waals surface area contributed by atoms with Gasteiger partial charge < -0.3 is 0 Å². The molecule has 1 aliphatic rings. The van der Waals surface area contributed by atoms with E-state index in [1.54, 1.807) is 0 Å². The minimum atomic E-state index is -0.536. The van der Waals surface area contributed by atoms with Crippen LogP contribution in [-0.2, 0) is 5.41 Å². The molecular formula is C59H38N2S. The van der Waals surface area contributed by atoms with Crippen LogP contribution in [0, 0.1) is 0 Å². The van der Waals surface area contributed by atoms with Crippen molar-refractivity contribution in [2.24, 2.45) is 0 Å². The molecule has 2 nitrogen and oxygen atoms in total. The second-order valence-corrected chi connectivity index (χ2v) is 17.1. The Balaban J connectivity index is 1.09. The highest BCUT2D eigenvalue weighted by Gasteiger charge is 2.46. The summed E-state index contributed by atoms with van der Waals surface area (Å²) in [5.74, 6) is 0.693. The molecule has 0 amide bonds. The van der Waals surface area contributed by atoms with E-state index in [9.17, 15) is 0 Å². The number of rotatable bonds is 7. The van der Waals surface area contributed by atoms with Crippen molar-refractivity contribution < 1.29 is 0 Å². The molecule has 290 valence electrons. The maximum absolute atomic E-state index is 5.53. The molecule has 0 aliphatic heterocycles. The number of hydrogen-bond donors (Lipinski definition) is 0. The molecule has 0 saturated carbocycles. The Bertz CT molecular complexity index is 3400. The van der Waals surface area contributed by atoms with Crippen molar-refractivity contribution in [3.8, 4) is 67.3 Å². The average molecular weight is 807 g/mol. The number of aromatic nitrogens is 2. The Hall–Kier alpha value is -7.72. The fourth-order valence-corrected chi connectivity index (χ4v) is 11.0. The fourth-order valence-electron chi connectivity index (χ4n) is 9.82. The molecular weight excluding hydrogens is 769 g/mol. The van der Waals surface area contributed by atoms with Crippen molar-refractivity contribution >= 4 is 31.5 Å². The van der Waals surface area contributed by atoms with Gasteiger partial charge in [0, 0.05) is 36.9 Å². The van der Waals surface area contributed by atoms with Crippen molar-refractivity contribution in [2.75, 3.05) is 0 Å². The van der Waals surface area contributed by atoms with Crippen LogP contribution < -0.4 is 0 Å². The molecule has 12 rings (SSSR count). The predicted molar refractivity (Wildman–Crippen MR) is 259 cm³/mol. The Morgan fingerprint density at radius 3 is 1.58 bits per heavy atom. The quantitative estimate of drug-likeness (QED) is 0.160. The molecule has 3 heteroatoms. The molecule has 0 atom stereocenters. The van der Waals surface area contributed by atoms with Crippen molar-refractivity contribution in [2.45, 2.75) is 5.41 Å². The summed E-state index contributed by atoms with van der Waals surface area (Å²) >= 11 is 1.83. The van der Waals surface area contributed by atoms with Gasteiger partial charge in [-0.05, 0) is 73.8 Å². The smallest absolute Gasteiger partial charge is 0.160 e. The lowest BCUT2D eigenvalue weighted by molar-refractivity contribution is 0.768. The van der Waals surface area contributed by atoms with Gasteiger partial charge in [-0.3, -0.25) is 0 Å². The van der Waals surface area contributed by atoms with E-state index in [2.05, 4.69) is 231 Å². The molecule has 2 heterocycles. The first-order valence-corrected chi connectivity index (χ1v) is 22.0. The van der Waals surface area contributed by atoms with Crippen LogP contribution in [-0.4, -0.2) is 9.97 Å². The van der Waals surface area contributed by atoms with Crippen molar-refractivity contribution in [1.82, 2.24) is 9.97 Å². The van der Waals surface area contributed by atoms with Gasteiger partial charge in [-0.1, -0.05) is 212 Å². The number of thiophene rings is 1. The largest absolute Gasteiger partial charge is 0.228 e. The molecule has 0 spiro atoms. The lowest BCUT2D eigenvalue weighted by Gasteiger charge is -2.34. The van der Waals surface area contributed by atoms with E-state index in [1.807, 2.05) is 11.3 Å². The third-order valence-corrected chi connectivity index (χ3v) is 13.8. The van der Waals surface area contributed by atoms with Crippen LogP contribution in [0.1, 0.15) is 22.3 Å². The molecule has 1 aliphatic carbocycles. The van der Waals surface area contributed by atoms with E-state index in [1.165, 1.54) is 64.7 Å². The molecule has 2 aromatic heterocycles. The van der Waals surface area contributed by atoms with Crippen molar-refractivity contribution in [1.29, 1.82) is 0 Å². The van der Waals surface area contributed by atoms with E-state index >= 15 is 0 Å². The van der Waals surface area contributed by atoms with Gasteiger partial charge in [-0.2, -0.15) is 0 Å². The normalized spacial score (nSPS) is 12.6. The van der Waals surface area contributed by atoms with Crippen molar-refractivity contribution in [3.05, 3.63) is 253 Å². The Morgan fingerprint density at radius 2 is 0.839 bits per heavy atom. The number of benzene rings is 9. The van der Waals surface area contributed by atoms with Crippen molar-refractivity contribution in [3.63, 3.8) is 0 Å². The zero-order valence-electron chi connectivity index (χ0n) is 33.7. The van der Waals surface area contributed by atoms with E-state index < -0.39 is 5.41 Å². The van der Waals surface area contributed by atoms with Crippen LogP contribution in [0.15, 0.2) is 231 Å². The zero-order valence-corrected chi connectivity index (χ0v) is 34.6. The predicted octanol–water partition coefficient (Wildman–Crippen LogP) is 15.5. The maximum Gasteiger partial charge on any atom is 0.160 e. The van der Waals surface area contributed by atoms with Gasteiger partial charge in [0.05, 0.1) is 16.8 Å². The summed E-state index contributed by atoms with van der Waals surface area (Å²) in [6.07, 6.45) is 0. The van der Waals surface area contributed by atoms with Crippen LogP contribution in [0.5, 0.6) is 0 Å². The highest BCUT2D eigenvalue weighted by Crippen LogP contribution is 2.56. The Kier molecular flexibility index (Phi) is 8.62. The SMILES string of the molecule is c1ccc(-c2ccc(-c3ccccc3-c3cc(-c4cccc5c4sc4ccccc45)nc(-c4ccc5c(c4)C(c4ccccc4)(c4ccccc4)c4ccccc4-5)n3)cc2)cc1. The minimum absolute atomic E-state index is 0.536. The van der Waals surface area contributed by atoms with Gasteiger partial charge in [0.2, 0.25) is 0 Å². The molecule has 0 fully saturated rings. The molecule has 62 heavy (non-hydrogen) atoms. The summed E-state index contributed by atoms with van der Waals surface area (Å²) in [6.45, 7) is 0. The maximum atomic E-state index is 5.53.